The molecule has 0 N–H and O–H groups in total. The quantitative estimate of drug-likeness (QED) is 0.574. The zero-order valence-corrected chi connectivity index (χ0v) is 14.3. The summed E-state index contributed by atoms with van der Waals surface area (Å²) in [5, 5.41) is 7.18. The standard InChI is InChI=1S/C10H10BF3N3S.K/c12-11(13,14)8-17-6-9(15-16-17)7-18-10-4-2-1-3-5-10;/h1-6H,7-8H2;/q-1;+1. The number of rotatable bonds is 5. The number of benzene rings is 1. The Bertz CT molecular complexity index is 506. The molecule has 0 fully saturated rings. The van der Waals surface area contributed by atoms with E-state index in [0.717, 1.165) is 9.58 Å². The largest absolute Gasteiger partial charge is 1.00 e. The molecule has 0 aliphatic heterocycles. The number of hydrogen-bond acceptors (Lipinski definition) is 3. The second-order valence-electron chi connectivity index (χ2n) is 3.74. The Kier molecular flexibility index (Phi) is 7.12. The zero-order valence-electron chi connectivity index (χ0n) is 10.3. The molecular weight excluding hydrogens is 301 g/mol. The second-order valence-corrected chi connectivity index (χ2v) is 4.79. The normalized spacial score (nSPS) is 11.1. The summed E-state index contributed by atoms with van der Waals surface area (Å²) >= 11 is 1.51. The molecule has 0 spiro atoms. The smallest absolute Gasteiger partial charge is 0.448 e. The van der Waals surface area contributed by atoms with E-state index < -0.39 is 13.4 Å². The van der Waals surface area contributed by atoms with Gasteiger partial charge in [-0.1, -0.05) is 23.4 Å². The molecule has 3 nitrogen and oxygen atoms in total. The summed E-state index contributed by atoms with van der Waals surface area (Å²) in [6, 6.07) is 9.60. The summed E-state index contributed by atoms with van der Waals surface area (Å²) < 4.78 is 37.3. The first-order chi connectivity index (χ1) is 8.53. The first kappa shape index (κ1) is 17.3. The summed E-state index contributed by atoms with van der Waals surface area (Å²) in [5.41, 5.74) is 0.545. The van der Waals surface area contributed by atoms with Crippen LogP contribution in [-0.2, 0) is 12.2 Å². The van der Waals surface area contributed by atoms with Crippen molar-refractivity contribution < 1.29 is 64.3 Å². The number of halogens is 3. The van der Waals surface area contributed by atoms with Crippen LogP contribution in [0.3, 0.4) is 0 Å². The van der Waals surface area contributed by atoms with Gasteiger partial charge in [-0.05, 0) is 12.1 Å². The van der Waals surface area contributed by atoms with Crippen molar-refractivity contribution in [1.82, 2.24) is 15.0 Å². The fourth-order valence-corrected chi connectivity index (χ4v) is 2.18. The van der Waals surface area contributed by atoms with E-state index in [1.807, 2.05) is 30.3 Å². The molecule has 19 heavy (non-hydrogen) atoms. The van der Waals surface area contributed by atoms with Gasteiger partial charge in [-0.3, -0.25) is 4.68 Å². The van der Waals surface area contributed by atoms with Crippen LogP contribution in [0.15, 0.2) is 41.4 Å². The van der Waals surface area contributed by atoms with Gasteiger partial charge in [-0.2, -0.15) is 0 Å². The Morgan fingerprint density at radius 3 is 2.47 bits per heavy atom. The van der Waals surface area contributed by atoms with E-state index in [4.69, 9.17) is 0 Å². The molecule has 0 saturated heterocycles. The van der Waals surface area contributed by atoms with E-state index in [-0.39, 0.29) is 51.4 Å². The minimum absolute atomic E-state index is 0. The molecule has 96 valence electrons. The summed E-state index contributed by atoms with van der Waals surface area (Å²) in [6.45, 7) is -4.87. The predicted molar refractivity (Wildman–Crippen MR) is 65.1 cm³/mol. The van der Waals surface area contributed by atoms with Crippen molar-refractivity contribution in [1.29, 1.82) is 0 Å². The van der Waals surface area contributed by atoms with Crippen LogP contribution in [0, 0.1) is 0 Å². The van der Waals surface area contributed by atoms with Crippen LogP contribution in [0.4, 0.5) is 12.9 Å². The van der Waals surface area contributed by atoms with Crippen molar-refractivity contribution in [3.05, 3.63) is 42.2 Å². The summed E-state index contributed by atoms with van der Waals surface area (Å²) in [7, 11) is 0. The van der Waals surface area contributed by atoms with Crippen LogP contribution in [0.5, 0.6) is 0 Å². The van der Waals surface area contributed by atoms with E-state index in [1.165, 1.54) is 18.0 Å². The molecule has 0 amide bonds. The van der Waals surface area contributed by atoms with Gasteiger partial charge in [-0.15, -0.1) is 16.9 Å². The Balaban J connectivity index is 0.00000180. The average molecular weight is 311 g/mol. The minimum Gasteiger partial charge on any atom is -0.448 e. The monoisotopic (exact) mass is 311 g/mol. The predicted octanol–water partition coefficient (Wildman–Crippen LogP) is -0.0390. The van der Waals surface area contributed by atoms with Gasteiger partial charge < -0.3 is 12.9 Å². The molecule has 9 heteroatoms. The molecule has 1 aromatic carbocycles. The van der Waals surface area contributed by atoms with Crippen molar-refractivity contribution in [3.63, 3.8) is 0 Å². The molecule has 1 heterocycles. The fourth-order valence-electron chi connectivity index (χ4n) is 1.38. The van der Waals surface area contributed by atoms with E-state index in [9.17, 15) is 12.9 Å². The van der Waals surface area contributed by atoms with Gasteiger partial charge in [0, 0.05) is 23.3 Å². The van der Waals surface area contributed by atoms with Gasteiger partial charge in [0.15, 0.2) is 0 Å². The number of aromatic nitrogens is 3. The summed E-state index contributed by atoms with van der Waals surface area (Å²) in [4.78, 5) is 1.05. The maximum absolute atomic E-state index is 12.2. The van der Waals surface area contributed by atoms with Crippen LogP contribution in [0.1, 0.15) is 5.69 Å². The third-order valence-corrected chi connectivity index (χ3v) is 3.16. The maximum atomic E-state index is 12.2. The Morgan fingerprint density at radius 1 is 1.16 bits per heavy atom. The van der Waals surface area contributed by atoms with Gasteiger partial charge in [0.05, 0.1) is 5.69 Å². The topological polar surface area (TPSA) is 30.7 Å². The van der Waals surface area contributed by atoms with Gasteiger partial charge >= 0.3 is 58.4 Å². The molecule has 1 aromatic heterocycles. The van der Waals surface area contributed by atoms with Crippen LogP contribution >= 0.6 is 11.8 Å². The molecule has 0 radical (unpaired) electrons. The zero-order chi connectivity index (χ0) is 13.0. The summed E-state index contributed by atoms with van der Waals surface area (Å²) in [5.74, 6) is 0.509. The second kappa shape index (κ2) is 7.84. The third-order valence-electron chi connectivity index (χ3n) is 2.11. The van der Waals surface area contributed by atoms with Crippen molar-refractivity contribution >= 4 is 18.7 Å². The Labute approximate surface area is 155 Å². The molecule has 0 aliphatic carbocycles. The van der Waals surface area contributed by atoms with Crippen LogP contribution in [-0.4, -0.2) is 22.0 Å². The average Bonchev–Trinajstić information content (AvgIpc) is 2.73. The molecule has 2 rings (SSSR count). The molecule has 0 bridgehead atoms. The minimum atomic E-state index is -4.87. The van der Waals surface area contributed by atoms with E-state index in [0.29, 0.717) is 11.4 Å². The number of thioether (sulfide) groups is 1. The third kappa shape index (κ3) is 6.46. The molecular formula is C10H10BF3KN3S. The maximum Gasteiger partial charge on any atom is 1.00 e. The van der Waals surface area contributed by atoms with Gasteiger partial charge in [0.25, 0.3) is 0 Å². The Morgan fingerprint density at radius 2 is 1.84 bits per heavy atom. The van der Waals surface area contributed by atoms with Crippen molar-refractivity contribution in [2.75, 3.05) is 0 Å². The van der Waals surface area contributed by atoms with Gasteiger partial charge in [0.1, 0.15) is 0 Å². The first-order valence-corrected chi connectivity index (χ1v) is 6.29. The van der Waals surface area contributed by atoms with E-state index in [1.54, 1.807) is 0 Å². The number of hydrogen-bond donors (Lipinski definition) is 0. The number of nitrogens with zero attached hydrogens (tertiary/aromatic N) is 3. The van der Waals surface area contributed by atoms with Crippen LogP contribution in [0.2, 0.25) is 0 Å². The molecule has 0 saturated carbocycles. The fraction of sp³-hybridized carbons (Fsp3) is 0.200. The summed E-state index contributed by atoms with van der Waals surface area (Å²) in [6.07, 6.45) is 0.300. The van der Waals surface area contributed by atoms with Gasteiger partial charge in [-0.25, -0.2) is 0 Å². The van der Waals surface area contributed by atoms with Crippen LogP contribution in [0.25, 0.3) is 0 Å². The molecule has 0 aliphatic rings. The van der Waals surface area contributed by atoms with E-state index >= 15 is 0 Å². The Hall–Kier alpha value is 0.201. The van der Waals surface area contributed by atoms with Crippen molar-refractivity contribution in [3.8, 4) is 0 Å². The van der Waals surface area contributed by atoms with E-state index in [2.05, 4.69) is 10.3 Å². The van der Waals surface area contributed by atoms with Crippen molar-refractivity contribution in [2.45, 2.75) is 17.1 Å². The molecule has 0 atom stereocenters. The molecule has 2 aromatic rings. The van der Waals surface area contributed by atoms with Crippen molar-refractivity contribution in [2.24, 2.45) is 0 Å². The first-order valence-electron chi connectivity index (χ1n) is 5.31. The SMILES string of the molecule is F[B-](F)(F)Cn1cc(CSc2ccccc2)nn1.[K+]. The molecule has 0 unspecified atom stereocenters. The van der Waals surface area contributed by atoms with Crippen LogP contribution < -0.4 is 51.4 Å². The van der Waals surface area contributed by atoms with Gasteiger partial charge in [0.2, 0.25) is 0 Å².